The van der Waals surface area contributed by atoms with Crippen molar-refractivity contribution in [3.8, 4) is 0 Å². The Morgan fingerprint density at radius 3 is 3.00 bits per heavy atom. The number of carbonyl (C=O) groups excluding carboxylic acids is 1. The normalized spacial score (nSPS) is 32.3. The second-order valence-electron chi connectivity index (χ2n) is 7.95. The Kier molecular flexibility index (Phi) is 3.24. The number of nitrogens with one attached hydrogen (secondary N) is 1. The number of nitrogens with zero attached hydrogens (tertiary/aromatic N) is 3. The number of hydroxylamine groups is 1. The van der Waals surface area contributed by atoms with Crippen LogP contribution in [0.3, 0.4) is 0 Å². The predicted octanol–water partition coefficient (Wildman–Crippen LogP) is 1.19. The molecule has 6 nitrogen and oxygen atoms in total. The first-order valence-electron chi connectivity index (χ1n) is 9.11. The summed E-state index contributed by atoms with van der Waals surface area (Å²) in [5.74, 6) is 0.432. The van der Waals surface area contributed by atoms with Crippen LogP contribution in [-0.4, -0.2) is 57.1 Å². The molecule has 2 N–H and O–H groups in total. The van der Waals surface area contributed by atoms with Crippen LogP contribution in [-0.2, 0) is 13.0 Å². The van der Waals surface area contributed by atoms with Gasteiger partial charge < -0.3 is 0 Å². The monoisotopic (exact) mass is 328 g/mol. The van der Waals surface area contributed by atoms with Crippen molar-refractivity contribution in [2.24, 2.45) is 5.92 Å². The third-order valence-electron chi connectivity index (χ3n) is 6.47. The minimum Gasteiger partial charge on any atom is -0.295 e. The predicted molar refractivity (Wildman–Crippen MR) is 87.7 cm³/mol. The maximum absolute atomic E-state index is 11.5. The molecule has 2 aliphatic carbocycles. The van der Waals surface area contributed by atoms with E-state index in [4.69, 9.17) is 5.21 Å². The van der Waals surface area contributed by atoms with Gasteiger partial charge >= 0.3 is 0 Å². The molecule has 3 heterocycles. The van der Waals surface area contributed by atoms with Gasteiger partial charge in [0.05, 0.1) is 11.3 Å². The van der Waals surface area contributed by atoms with Crippen LogP contribution in [0.5, 0.6) is 0 Å². The molecule has 4 aliphatic rings. The first kappa shape index (κ1) is 14.8. The Labute approximate surface area is 141 Å². The van der Waals surface area contributed by atoms with Gasteiger partial charge in [-0.2, -0.15) is 0 Å². The molecule has 2 saturated carbocycles. The van der Waals surface area contributed by atoms with Crippen molar-refractivity contribution in [1.82, 2.24) is 20.3 Å². The number of likely N-dealkylation sites (tertiary alicyclic amines) is 1. The zero-order valence-corrected chi connectivity index (χ0v) is 13.9. The molecule has 1 saturated heterocycles. The van der Waals surface area contributed by atoms with Crippen LogP contribution in [0.2, 0.25) is 0 Å². The largest absolute Gasteiger partial charge is 0.295 e. The fourth-order valence-electron chi connectivity index (χ4n) is 5.00. The summed E-state index contributed by atoms with van der Waals surface area (Å²) < 4.78 is 0. The van der Waals surface area contributed by atoms with Gasteiger partial charge in [-0.25, -0.2) is 5.48 Å². The summed E-state index contributed by atoms with van der Waals surface area (Å²) in [6, 6.07) is 2.74. The maximum atomic E-state index is 11.5. The number of pyridine rings is 1. The van der Waals surface area contributed by atoms with E-state index in [2.05, 4.69) is 14.8 Å². The van der Waals surface area contributed by atoms with Gasteiger partial charge in [0.25, 0.3) is 5.91 Å². The highest BCUT2D eigenvalue weighted by atomic mass is 16.5. The van der Waals surface area contributed by atoms with Gasteiger partial charge in [-0.05, 0) is 56.2 Å². The zero-order chi connectivity index (χ0) is 16.3. The highest BCUT2D eigenvalue weighted by molar-refractivity contribution is 5.93. The van der Waals surface area contributed by atoms with Crippen LogP contribution in [0.1, 0.15) is 47.3 Å². The summed E-state index contributed by atoms with van der Waals surface area (Å²) in [6.07, 6.45) is 8.06. The first-order chi connectivity index (χ1) is 11.7. The number of hydrogen-bond acceptors (Lipinski definition) is 5. The number of piperidine rings is 1. The molecule has 3 fully saturated rings. The molecular formula is C18H24N4O2. The van der Waals surface area contributed by atoms with Crippen molar-refractivity contribution in [1.29, 1.82) is 0 Å². The average Bonchev–Trinajstić information content (AvgIpc) is 3.53. The number of rotatable bonds is 4. The number of fused-ring (bicyclic) bond motifs is 2. The van der Waals surface area contributed by atoms with Crippen molar-refractivity contribution >= 4 is 5.91 Å². The van der Waals surface area contributed by atoms with Crippen LogP contribution >= 0.6 is 0 Å². The summed E-state index contributed by atoms with van der Waals surface area (Å²) in [7, 11) is 0. The van der Waals surface area contributed by atoms with Crippen LogP contribution in [0.15, 0.2) is 12.3 Å². The Bertz CT molecular complexity index is 690. The van der Waals surface area contributed by atoms with Gasteiger partial charge in [-0.1, -0.05) is 0 Å². The number of hydrogen-bond donors (Lipinski definition) is 2. The van der Waals surface area contributed by atoms with Crippen molar-refractivity contribution in [3.63, 3.8) is 0 Å². The lowest BCUT2D eigenvalue weighted by Crippen LogP contribution is -2.47. The Morgan fingerprint density at radius 1 is 1.38 bits per heavy atom. The summed E-state index contributed by atoms with van der Waals surface area (Å²) in [5.41, 5.74) is 4.81. The van der Waals surface area contributed by atoms with Crippen molar-refractivity contribution < 1.29 is 10.0 Å². The summed E-state index contributed by atoms with van der Waals surface area (Å²) >= 11 is 0. The number of amides is 1. The van der Waals surface area contributed by atoms with Crippen LogP contribution in [0.4, 0.5) is 0 Å². The van der Waals surface area contributed by atoms with Gasteiger partial charge in [0, 0.05) is 37.4 Å². The molecule has 6 heteroatoms. The van der Waals surface area contributed by atoms with Crippen molar-refractivity contribution in [2.75, 3.05) is 19.6 Å². The van der Waals surface area contributed by atoms with Gasteiger partial charge in [-0.15, -0.1) is 0 Å². The molecular weight excluding hydrogens is 304 g/mol. The van der Waals surface area contributed by atoms with Gasteiger partial charge in [0.1, 0.15) is 0 Å². The molecule has 1 aromatic rings. The quantitative estimate of drug-likeness (QED) is 0.642. The SMILES string of the molecule is O=C(NO)c1cnc2c(c1)CCN(CC13CC1CCN3C1CC1)C2. The molecule has 5 rings (SSSR count). The van der Waals surface area contributed by atoms with E-state index in [1.54, 1.807) is 11.7 Å². The molecule has 2 aliphatic heterocycles. The lowest BCUT2D eigenvalue weighted by atomic mass is 10.0. The molecule has 1 amide bonds. The standard InChI is InChI=1S/C18H24N4O2/c23-17(20-24)13-7-12-3-5-21(10-16(12)19-9-13)11-18-8-14(18)4-6-22(18)15-1-2-15/h7,9,14-15,24H,1-6,8,10-11H2,(H,20,23). The molecule has 2 unspecified atom stereocenters. The van der Waals surface area contributed by atoms with Crippen molar-refractivity contribution in [2.45, 2.75) is 50.2 Å². The van der Waals surface area contributed by atoms with E-state index in [1.165, 1.54) is 38.8 Å². The lowest BCUT2D eigenvalue weighted by molar-refractivity contribution is 0.0705. The summed E-state index contributed by atoms with van der Waals surface area (Å²) in [6.45, 7) is 4.39. The van der Waals surface area contributed by atoms with E-state index in [-0.39, 0.29) is 0 Å². The van der Waals surface area contributed by atoms with E-state index in [1.807, 2.05) is 6.07 Å². The third-order valence-corrected chi connectivity index (χ3v) is 6.47. The second kappa shape index (κ2) is 5.25. The van der Waals surface area contributed by atoms with E-state index in [0.717, 1.165) is 42.7 Å². The molecule has 24 heavy (non-hydrogen) atoms. The summed E-state index contributed by atoms with van der Waals surface area (Å²) in [5, 5.41) is 8.76. The Morgan fingerprint density at radius 2 is 2.25 bits per heavy atom. The molecule has 0 radical (unpaired) electrons. The van der Waals surface area contributed by atoms with E-state index < -0.39 is 5.91 Å². The minimum absolute atomic E-state index is 0.432. The van der Waals surface area contributed by atoms with E-state index in [9.17, 15) is 4.79 Å². The van der Waals surface area contributed by atoms with Gasteiger partial charge in [0.2, 0.25) is 0 Å². The molecule has 0 bridgehead atoms. The maximum Gasteiger partial charge on any atom is 0.276 e. The highest BCUT2D eigenvalue weighted by Crippen LogP contribution is 2.59. The molecule has 0 spiro atoms. The van der Waals surface area contributed by atoms with E-state index in [0.29, 0.717) is 11.1 Å². The number of aromatic nitrogens is 1. The molecule has 128 valence electrons. The minimum atomic E-state index is -0.488. The number of carbonyl (C=O) groups is 1. The van der Waals surface area contributed by atoms with E-state index >= 15 is 0 Å². The molecule has 1 aromatic heterocycles. The molecule has 0 aromatic carbocycles. The van der Waals surface area contributed by atoms with Crippen LogP contribution < -0.4 is 5.48 Å². The summed E-state index contributed by atoms with van der Waals surface area (Å²) in [4.78, 5) is 21.4. The highest BCUT2D eigenvalue weighted by Gasteiger charge is 2.64. The fraction of sp³-hybridized carbons (Fsp3) is 0.667. The Hall–Kier alpha value is -1.50. The zero-order valence-electron chi connectivity index (χ0n) is 13.9. The van der Waals surface area contributed by atoms with Crippen LogP contribution in [0, 0.1) is 5.92 Å². The lowest BCUT2D eigenvalue weighted by Gasteiger charge is -2.36. The molecule has 2 atom stereocenters. The average molecular weight is 328 g/mol. The van der Waals surface area contributed by atoms with Gasteiger partial charge in [0.15, 0.2) is 0 Å². The third kappa shape index (κ3) is 2.28. The second-order valence-corrected chi connectivity index (χ2v) is 7.95. The van der Waals surface area contributed by atoms with Gasteiger partial charge in [-0.3, -0.25) is 24.8 Å². The smallest absolute Gasteiger partial charge is 0.276 e. The Balaban J connectivity index is 1.30. The topological polar surface area (TPSA) is 68.7 Å². The van der Waals surface area contributed by atoms with Crippen molar-refractivity contribution in [3.05, 3.63) is 29.1 Å². The first-order valence-corrected chi connectivity index (χ1v) is 9.11. The fourth-order valence-corrected chi connectivity index (χ4v) is 5.00. The van der Waals surface area contributed by atoms with Crippen LogP contribution in [0.25, 0.3) is 0 Å².